The van der Waals surface area contributed by atoms with E-state index < -0.39 is 5.60 Å². The van der Waals surface area contributed by atoms with Crippen LogP contribution in [0.2, 0.25) is 0 Å². The first-order chi connectivity index (χ1) is 7.04. The van der Waals surface area contributed by atoms with Crippen molar-refractivity contribution in [1.29, 1.82) is 0 Å². The molecule has 0 bridgehead atoms. The van der Waals surface area contributed by atoms with Gasteiger partial charge in [-0.05, 0) is 32.0 Å². The summed E-state index contributed by atoms with van der Waals surface area (Å²) in [5, 5.41) is 11.1. The number of ether oxygens (including phenoxy) is 1. The number of methoxy groups -OCH3 is 1. The zero-order chi connectivity index (χ0) is 11.1. The first-order valence-electron chi connectivity index (χ1n) is 4.91. The van der Waals surface area contributed by atoms with Gasteiger partial charge in [-0.1, -0.05) is 0 Å². The molecule has 1 aromatic carbocycles. The molecule has 0 aliphatic rings. The van der Waals surface area contributed by atoms with Crippen molar-refractivity contribution < 1.29 is 9.84 Å². The fraction of sp³-hybridized carbons (Fsp3) is 0.333. The summed E-state index contributed by atoms with van der Waals surface area (Å²) in [5.41, 5.74) is 0.921. The molecule has 1 heterocycles. The molecule has 0 saturated carbocycles. The molecule has 0 aliphatic carbocycles. The van der Waals surface area contributed by atoms with E-state index in [1.165, 1.54) is 0 Å². The molecular formula is C12H15NO2. The van der Waals surface area contributed by atoms with E-state index in [1.54, 1.807) is 21.0 Å². The zero-order valence-electron chi connectivity index (χ0n) is 9.16. The first-order valence-corrected chi connectivity index (χ1v) is 4.91. The van der Waals surface area contributed by atoms with Gasteiger partial charge in [-0.2, -0.15) is 0 Å². The largest absolute Gasteiger partial charge is 0.496 e. The third kappa shape index (κ3) is 1.59. The molecule has 2 N–H and O–H groups in total. The Hall–Kier alpha value is -1.48. The Labute approximate surface area is 88.7 Å². The van der Waals surface area contributed by atoms with Crippen LogP contribution in [0, 0.1) is 0 Å². The van der Waals surface area contributed by atoms with Crippen LogP contribution in [0.5, 0.6) is 5.75 Å². The number of aromatic nitrogens is 1. The SMILES string of the molecule is COc1ccc2[nH]ccc2c1C(C)(C)O. The number of fused-ring (bicyclic) bond motifs is 1. The molecule has 3 heteroatoms. The second kappa shape index (κ2) is 3.28. The van der Waals surface area contributed by atoms with Crippen LogP contribution >= 0.6 is 0 Å². The summed E-state index contributed by atoms with van der Waals surface area (Å²) in [6.07, 6.45) is 1.86. The van der Waals surface area contributed by atoms with Crippen LogP contribution in [-0.4, -0.2) is 17.2 Å². The Morgan fingerprint density at radius 1 is 1.27 bits per heavy atom. The Balaban J connectivity index is 2.80. The van der Waals surface area contributed by atoms with Crippen molar-refractivity contribution >= 4 is 10.9 Å². The molecule has 80 valence electrons. The second-order valence-electron chi connectivity index (χ2n) is 4.14. The molecule has 0 radical (unpaired) electrons. The Morgan fingerprint density at radius 2 is 2.00 bits per heavy atom. The third-order valence-electron chi connectivity index (χ3n) is 2.53. The molecule has 0 atom stereocenters. The highest BCUT2D eigenvalue weighted by Gasteiger charge is 2.23. The molecule has 15 heavy (non-hydrogen) atoms. The van der Waals surface area contributed by atoms with Crippen molar-refractivity contribution in [3.8, 4) is 5.75 Å². The number of hydrogen-bond donors (Lipinski definition) is 2. The molecule has 0 saturated heterocycles. The number of benzene rings is 1. The van der Waals surface area contributed by atoms with Crippen LogP contribution in [0.15, 0.2) is 24.4 Å². The summed E-state index contributed by atoms with van der Waals surface area (Å²) < 4.78 is 5.28. The number of hydrogen-bond acceptors (Lipinski definition) is 2. The van der Waals surface area contributed by atoms with Gasteiger partial charge in [-0.15, -0.1) is 0 Å². The van der Waals surface area contributed by atoms with Crippen molar-refractivity contribution in [2.45, 2.75) is 19.4 Å². The molecule has 0 aliphatic heterocycles. The van der Waals surface area contributed by atoms with E-state index in [0.717, 1.165) is 22.2 Å². The highest BCUT2D eigenvalue weighted by atomic mass is 16.5. The molecule has 0 amide bonds. The van der Waals surface area contributed by atoms with Crippen LogP contribution < -0.4 is 4.74 Å². The summed E-state index contributed by atoms with van der Waals surface area (Å²) in [5.74, 6) is 0.717. The van der Waals surface area contributed by atoms with Crippen molar-refractivity contribution in [1.82, 2.24) is 4.98 Å². The van der Waals surface area contributed by atoms with E-state index in [1.807, 2.05) is 24.4 Å². The lowest BCUT2D eigenvalue weighted by atomic mass is 9.94. The number of rotatable bonds is 2. The predicted octanol–water partition coefficient (Wildman–Crippen LogP) is 2.40. The fourth-order valence-electron chi connectivity index (χ4n) is 1.91. The van der Waals surface area contributed by atoms with Crippen LogP contribution in [0.4, 0.5) is 0 Å². The Morgan fingerprint density at radius 3 is 2.60 bits per heavy atom. The summed E-state index contributed by atoms with van der Waals surface area (Å²) >= 11 is 0. The van der Waals surface area contributed by atoms with Crippen molar-refractivity contribution in [2.24, 2.45) is 0 Å². The fourth-order valence-corrected chi connectivity index (χ4v) is 1.91. The van der Waals surface area contributed by atoms with Gasteiger partial charge in [-0.25, -0.2) is 0 Å². The quantitative estimate of drug-likeness (QED) is 0.790. The van der Waals surface area contributed by atoms with E-state index in [4.69, 9.17) is 4.74 Å². The van der Waals surface area contributed by atoms with E-state index in [0.29, 0.717) is 0 Å². The average Bonchev–Trinajstić information content (AvgIpc) is 2.61. The highest BCUT2D eigenvalue weighted by molar-refractivity contribution is 5.86. The van der Waals surface area contributed by atoms with Gasteiger partial charge >= 0.3 is 0 Å². The number of aliphatic hydroxyl groups is 1. The van der Waals surface area contributed by atoms with Gasteiger partial charge in [0.05, 0.1) is 12.7 Å². The number of H-pyrrole nitrogens is 1. The molecular weight excluding hydrogens is 190 g/mol. The summed E-state index contributed by atoms with van der Waals surface area (Å²) in [7, 11) is 1.61. The van der Waals surface area contributed by atoms with Gasteiger partial charge in [0, 0.05) is 22.7 Å². The van der Waals surface area contributed by atoms with Gasteiger partial charge in [0.15, 0.2) is 0 Å². The molecule has 0 fully saturated rings. The molecule has 0 spiro atoms. The smallest absolute Gasteiger partial charge is 0.125 e. The van der Waals surface area contributed by atoms with Crippen LogP contribution in [-0.2, 0) is 5.60 Å². The van der Waals surface area contributed by atoms with Gasteiger partial charge in [0.1, 0.15) is 5.75 Å². The topological polar surface area (TPSA) is 45.2 Å². The minimum absolute atomic E-state index is 0.717. The van der Waals surface area contributed by atoms with Gasteiger partial charge in [-0.3, -0.25) is 0 Å². The van der Waals surface area contributed by atoms with Crippen molar-refractivity contribution in [3.05, 3.63) is 30.0 Å². The maximum absolute atomic E-state index is 10.1. The monoisotopic (exact) mass is 205 g/mol. The van der Waals surface area contributed by atoms with E-state index >= 15 is 0 Å². The summed E-state index contributed by atoms with van der Waals surface area (Å²) in [6.45, 7) is 3.52. The van der Waals surface area contributed by atoms with Crippen LogP contribution in [0.3, 0.4) is 0 Å². The second-order valence-corrected chi connectivity index (χ2v) is 4.14. The van der Waals surface area contributed by atoms with Gasteiger partial charge < -0.3 is 14.8 Å². The molecule has 2 rings (SSSR count). The predicted molar refractivity (Wildman–Crippen MR) is 60.1 cm³/mol. The van der Waals surface area contributed by atoms with E-state index in [-0.39, 0.29) is 0 Å². The Bertz CT molecular complexity index is 480. The zero-order valence-corrected chi connectivity index (χ0v) is 9.16. The minimum atomic E-state index is -0.910. The van der Waals surface area contributed by atoms with Gasteiger partial charge in [0.2, 0.25) is 0 Å². The summed E-state index contributed by atoms with van der Waals surface area (Å²) in [4.78, 5) is 3.12. The lowest BCUT2D eigenvalue weighted by molar-refractivity contribution is 0.0773. The molecule has 2 aromatic rings. The first kappa shape index (κ1) is 10.1. The van der Waals surface area contributed by atoms with Crippen molar-refractivity contribution in [2.75, 3.05) is 7.11 Å². The lowest BCUT2D eigenvalue weighted by Crippen LogP contribution is -2.17. The molecule has 1 aromatic heterocycles. The van der Waals surface area contributed by atoms with E-state index in [9.17, 15) is 5.11 Å². The maximum Gasteiger partial charge on any atom is 0.125 e. The van der Waals surface area contributed by atoms with Crippen LogP contribution in [0.25, 0.3) is 10.9 Å². The molecule has 3 nitrogen and oxygen atoms in total. The van der Waals surface area contributed by atoms with Crippen molar-refractivity contribution in [3.63, 3.8) is 0 Å². The Kier molecular flexibility index (Phi) is 2.20. The lowest BCUT2D eigenvalue weighted by Gasteiger charge is -2.21. The number of aromatic amines is 1. The standard InChI is InChI=1S/C12H15NO2/c1-12(2,14)11-8-6-7-13-9(8)4-5-10(11)15-3/h4-7,13-14H,1-3H3. The van der Waals surface area contributed by atoms with Gasteiger partial charge in [0.25, 0.3) is 0 Å². The number of nitrogens with one attached hydrogen (secondary N) is 1. The minimum Gasteiger partial charge on any atom is -0.496 e. The normalized spacial score (nSPS) is 12.0. The summed E-state index contributed by atoms with van der Waals surface area (Å²) in [6, 6.07) is 5.76. The maximum atomic E-state index is 10.1. The molecule has 0 unspecified atom stereocenters. The van der Waals surface area contributed by atoms with E-state index in [2.05, 4.69) is 4.98 Å². The highest BCUT2D eigenvalue weighted by Crippen LogP contribution is 2.35. The van der Waals surface area contributed by atoms with Crippen LogP contribution in [0.1, 0.15) is 19.4 Å². The third-order valence-corrected chi connectivity index (χ3v) is 2.53. The average molecular weight is 205 g/mol.